The van der Waals surface area contributed by atoms with Crippen molar-refractivity contribution in [3.63, 3.8) is 0 Å². The lowest BCUT2D eigenvalue weighted by molar-refractivity contribution is -0.136. The SMILES string of the molecule is COCCN1C(=O)N(Cc2ccc3ccccc3c2)C(=O)C12CCN(Cc1ccc3ccccc3c1)CC2. The number of likely N-dealkylation sites (tertiary alicyclic amines) is 1. The van der Waals surface area contributed by atoms with Crippen molar-refractivity contribution in [2.75, 3.05) is 33.4 Å². The van der Waals surface area contributed by atoms with Crippen molar-refractivity contribution in [2.45, 2.75) is 31.5 Å². The number of methoxy groups -OCH3 is 1. The maximum absolute atomic E-state index is 13.9. The number of urea groups is 1. The third-order valence-electron chi connectivity index (χ3n) is 8.20. The molecule has 2 aliphatic heterocycles. The van der Waals surface area contributed by atoms with Gasteiger partial charge in [0.2, 0.25) is 0 Å². The van der Waals surface area contributed by atoms with Crippen molar-refractivity contribution in [3.05, 3.63) is 96.1 Å². The Kier molecular flexibility index (Phi) is 6.60. The highest BCUT2D eigenvalue weighted by Crippen LogP contribution is 2.38. The number of imide groups is 1. The first kappa shape index (κ1) is 24.6. The molecular formula is C32H33N3O3. The predicted molar refractivity (Wildman–Crippen MR) is 150 cm³/mol. The summed E-state index contributed by atoms with van der Waals surface area (Å²) in [4.78, 5) is 33.2. The molecule has 194 valence electrons. The van der Waals surface area contributed by atoms with Gasteiger partial charge in [0.05, 0.1) is 13.2 Å². The monoisotopic (exact) mass is 507 g/mol. The van der Waals surface area contributed by atoms with E-state index >= 15 is 0 Å². The fourth-order valence-corrected chi connectivity index (χ4v) is 6.09. The minimum Gasteiger partial charge on any atom is -0.383 e. The molecule has 0 atom stereocenters. The van der Waals surface area contributed by atoms with Gasteiger partial charge in [-0.1, -0.05) is 72.8 Å². The molecule has 2 aliphatic rings. The largest absolute Gasteiger partial charge is 0.383 e. The molecule has 0 aromatic heterocycles. The number of hydrogen-bond acceptors (Lipinski definition) is 4. The van der Waals surface area contributed by atoms with E-state index in [0.717, 1.165) is 36.0 Å². The average Bonchev–Trinajstić information content (AvgIpc) is 3.13. The van der Waals surface area contributed by atoms with Gasteiger partial charge in [0.25, 0.3) is 5.91 Å². The maximum atomic E-state index is 13.9. The lowest BCUT2D eigenvalue weighted by atomic mass is 9.85. The summed E-state index contributed by atoms with van der Waals surface area (Å²) in [6.45, 7) is 3.47. The second kappa shape index (κ2) is 10.2. The summed E-state index contributed by atoms with van der Waals surface area (Å²) in [5.41, 5.74) is 1.43. The Labute approximate surface area is 223 Å². The van der Waals surface area contributed by atoms with Crippen LogP contribution in [0.4, 0.5) is 4.79 Å². The molecule has 1 spiro atoms. The van der Waals surface area contributed by atoms with E-state index in [2.05, 4.69) is 71.6 Å². The molecule has 0 bridgehead atoms. The summed E-state index contributed by atoms with van der Waals surface area (Å²) in [6.07, 6.45) is 1.26. The maximum Gasteiger partial charge on any atom is 0.328 e. The Morgan fingerprint density at radius 3 is 1.87 bits per heavy atom. The molecule has 4 aromatic rings. The number of carbonyl (C=O) groups is 2. The number of nitrogens with zero attached hydrogens (tertiary/aromatic N) is 3. The first-order valence-corrected chi connectivity index (χ1v) is 13.4. The summed E-state index contributed by atoms with van der Waals surface area (Å²) in [7, 11) is 1.63. The number of benzene rings is 4. The van der Waals surface area contributed by atoms with E-state index in [0.29, 0.717) is 26.0 Å². The van der Waals surface area contributed by atoms with Crippen LogP contribution in [0.25, 0.3) is 21.5 Å². The van der Waals surface area contributed by atoms with Crippen molar-refractivity contribution in [1.29, 1.82) is 0 Å². The molecular weight excluding hydrogens is 474 g/mol. The van der Waals surface area contributed by atoms with Crippen LogP contribution in [0.5, 0.6) is 0 Å². The predicted octanol–water partition coefficient (Wildman–Crippen LogP) is 5.44. The van der Waals surface area contributed by atoms with Crippen LogP contribution in [-0.2, 0) is 22.6 Å². The Balaban J connectivity index is 1.20. The number of hydrogen-bond donors (Lipinski definition) is 0. The van der Waals surface area contributed by atoms with Gasteiger partial charge in [-0.05, 0) is 57.6 Å². The van der Waals surface area contributed by atoms with E-state index in [1.807, 2.05) is 18.2 Å². The molecule has 0 radical (unpaired) electrons. The highest BCUT2D eigenvalue weighted by Gasteiger charge is 2.57. The summed E-state index contributed by atoms with van der Waals surface area (Å²) in [5.74, 6) is -0.0721. The molecule has 0 N–H and O–H groups in total. The molecule has 6 nitrogen and oxygen atoms in total. The number of carbonyl (C=O) groups excluding carboxylic acids is 2. The standard InChI is InChI=1S/C32H33N3O3/c1-38-19-18-35-31(37)34(23-25-11-13-27-7-3-5-9-29(27)21-25)30(36)32(35)14-16-33(17-15-32)22-24-10-12-26-6-2-4-8-28(26)20-24/h2-13,20-21H,14-19,22-23H2,1H3. The van der Waals surface area contributed by atoms with Gasteiger partial charge < -0.3 is 9.64 Å². The fourth-order valence-electron chi connectivity index (χ4n) is 6.09. The van der Waals surface area contributed by atoms with Crippen molar-refractivity contribution in [1.82, 2.24) is 14.7 Å². The molecule has 6 rings (SSSR count). The van der Waals surface area contributed by atoms with Crippen LogP contribution < -0.4 is 0 Å². The van der Waals surface area contributed by atoms with E-state index < -0.39 is 5.54 Å². The minimum atomic E-state index is -0.799. The number of fused-ring (bicyclic) bond motifs is 2. The topological polar surface area (TPSA) is 53.1 Å². The molecule has 2 saturated heterocycles. The molecule has 0 aliphatic carbocycles. The third kappa shape index (κ3) is 4.44. The molecule has 0 saturated carbocycles. The summed E-state index contributed by atoms with van der Waals surface area (Å²) >= 11 is 0. The zero-order valence-electron chi connectivity index (χ0n) is 21.8. The second-order valence-electron chi connectivity index (χ2n) is 10.5. The van der Waals surface area contributed by atoms with E-state index in [-0.39, 0.29) is 18.5 Å². The van der Waals surface area contributed by atoms with Crippen LogP contribution in [-0.4, -0.2) is 65.5 Å². The number of rotatable bonds is 7. The number of amides is 3. The van der Waals surface area contributed by atoms with E-state index in [4.69, 9.17) is 4.74 Å². The Bertz CT molecular complexity index is 1490. The highest BCUT2D eigenvalue weighted by molar-refractivity contribution is 6.07. The zero-order chi connectivity index (χ0) is 26.1. The van der Waals surface area contributed by atoms with Crippen LogP contribution in [0, 0.1) is 0 Å². The molecule has 0 unspecified atom stereocenters. The molecule has 2 heterocycles. The third-order valence-corrected chi connectivity index (χ3v) is 8.20. The quantitative estimate of drug-likeness (QED) is 0.313. The van der Waals surface area contributed by atoms with E-state index in [1.165, 1.54) is 21.2 Å². The van der Waals surface area contributed by atoms with Crippen LogP contribution in [0.15, 0.2) is 84.9 Å². The fraction of sp³-hybridized carbons (Fsp3) is 0.312. The minimum absolute atomic E-state index is 0.0721. The van der Waals surface area contributed by atoms with Crippen LogP contribution in [0.1, 0.15) is 24.0 Å². The summed E-state index contributed by atoms with van der Waals surface area (Å²) < 4.78 is 5.32. The van der Waals surface area contributed by atoms with Gasteiger partial charge in [-0.2, -0.15) is 0 Å². The molecule has 2 fully saturated rings. The Hall–Kier alpha value is -3.74. The number of piperidine rings is 1. The van der Waals surface area contributed by atoms with Gasteiger partial charge >= 0.3 is 6.03 Å². The lowest BCUT2D eigenvalue weighted by Gasteiger charge is -2.42. The molecule has 6 heteroatoms. The van der Waals surface area contributed by atoms with Crippen molar-refractivity contribution >= 4 is 33.5 Å². The first-order valence-electron chi connectivity index (χ1n) is 13.4. The highest BCUT2D eigenvalue weighted by atomic mass is 16.5. The van der Waals surface area contributed by atoms with Gasteiger partial charge in [0.15, 0.2) is 0 Å². The van der Waals surface area contributed by atoms with Gasteiger partial charge in [0.1, 0.15) is 5.54 Å². The van der Waals surface area contributed by atoms with Gasteiger partial charge in [0, 0.05) is 33.3 Å². The van der Waals surface area contributed by atoms with Crippen molar-refractivity contribution in [3.8, 4) is 0 Å². The van der Waals surface area contributed by atoms with E-state index in [9.17, 15) is 9.59 Å². The van der Waals surface area contributed by atoms with Crippen LogP contribution >= 0.6 is 0 Å². The summed E-state index contributed by atoms with van der Waals surface area (Å²) in [5, 5.41) is 4.73. The molecule has 4 aromatic carbocycles. The first-order chi connectivity index (χ1) is 18.6. The van der Waals surface area contributed by atoms with Crippen molar-refractivity contribution in [2.24, 2.45) is 0 Å². The Morgan fingerprint density at radius 2 is 1.29 bits per heavy atom. The molecule has 3 amide bonds. The van der Waals surface area contributed by atoms with Crippen LogP contribution in [0.3, 0.4) is 0 Å². The molecule has 38 heavy (non-hydrogen) atoms. The van der Waals surface area contributed by atoms with Gasteiger partial charge in [-0.25, -0.2) is 4.79 Å². The average molecular weight is 508 g/mol. The number of ether oxygens (including phenoxy) is 1. The summed E-state index contributed by atoms with van der Waals surface area (Å²) in [6, 6.07) is 29.1. The Morgan fingerprint density at radius 1 is 0.737 bits per heavy atom. The second-order valence-corrected chi connectivity index (χ2v) is 10.5. The lowest BCUT2D eigenvalue weighted by Crippen LogP contribution is -2.57. The van der Waals surface area contributed by atoms with Crippen molar-refractivity contribution < 1.29 is 14.3 Å². The van der Waals surface area contributed by atoms with E-state index in [1.54, 1.807) is 12.0 Å². The van der Waals surface area contributed by atoms with Gasteiger partial charge in [-0.15, -0.1) is 0 Å². The normalized spacial score (nSPS) is 17.8. The van der Waals surface area contributed by atoms with Gasteiger partial charge in [-0.3, -0.25) is 14.6 Å². The smallest absolute Gasteiger partial charge is 0.328 e. The van der Waals surface area contributed by atoms with Crippen LogP contribution in [0.2, 0.25) is 0 Å². The zero-order valence-corrected chi connectivity index (χ0v) is 21.8.